The van der Waals surface area contributed by atoms with Crippen LogP contribution in [-0.2, 0) is 16.3 Å². The fourth-order valence-electron chi connectivity index (χ4n) is 1.62. The van der Waals surface area contributed by atoms with E-state index in [0.717, 1.165) is 24.2 Å². The van der Waals surface area contributed by atoms with E-state index in [2.05, 4.69) is 27.5 Å². The number of aromatic nitrogens is 2. The summed E-state index contributed by atoms with van der Waals surface area (Å²) < 4.78 is 22.1. The van der Waals surface area contributed by atoms with Crippen molar-refractivity contribution in [2.75, 3.05) is 36.2 Å². The van der Waals surface area contributed by atoms with Gasteiger partial charge in [-0.3, -0.25) is 0 Å². The third-order valence-corrected chi connectivity index (χ3v) is 3.39. The number of nitrogens with zero attached hydrogens (tertiary/aromatic N) is 2. The fraction of sp³-hybridized carbons (Fsp3) is 0.636. The van der Waals surface area contributed by atoms with Gasteiger partial charge in [0, 0.05) is 25.4 Å². The van der Waals surface area contributed by atoms with Gasteiger partial charge in [-0.15, -0.1) is 0 Å². The van der Waals surface area contributed by atoms with Gasteiger partial charge in [-0.05, 0) is 6.42 Å². The van der Waals surface area contributed by atoms with Gasteiger partial charge in [0.05, 0.1) is 5.75 Å². The largest absolute Gasteiger partial charge is 0.373 e. The van der Waals surface area contributed by atoms with Gasteiger partial charge in [-0.2, -0.15) is 0 Å². The topological polar surface area (TPSA) is 84.0 Å². The molecule has 1 aromatic heterocycles. The van der Waals surface area contributed by atoms with Crippen LogP contribution in [0.4, 0.5) is 11.6 Å². The smallest absolute Gasteiger partial charge is 0.149 e. The SMILES string of the molecule is CCCc1c(NC)ncnc1NCCS(C)(=O)=O. The van der Waals surface area contributed by atoms with Gasteiger partial charge in [-0.25, -0.2) is 18.4 Å². The van der Waals surface area contributed by atoms with Crippen molar-refractivity contribution in [3.05, 3.63) is 11.9 Å². The average molecular weight is 272 g/mol. The highest BCUT2D eigenvalue weighted by molar-refractivity contribution is 7.90. The second-order valence-corrected chi connectivity index (χ2v) is 6.37. The zero-order valence-corrected chi connectivity index (χ0v) is 11.8. The van der Waals surface area contributed by atoms with E-state index >= 15 is 0 Å². The van der Waals surface area contributed by atoms with Crippen LogP contribution in [0.3, 0.4) is 0 Å². The molecule has 0 saturated heterocycles. The predicted molar refractivity (Wildman–Crippen MR) is 73.8 cm³/mol. The molecule has 0 aliphatic heterocycles. The summed E-state index contributed by atoms with van der Waals surface area (Å²) in [5, 5.41) is 6.08. The second-order valence-electron chi connectivity index (χ2n) is 4.11. The van der Waals surface area contributed by atoms with Crippen molar-refractivity contribution < 1.29 is 8.42 Å². The molecule has 0 unspecified atom stereocenters. The molecule has 2 N–H and O–H groups in total. The highest BCUT2D eigenvalue weighted by atomic mass is 32.2. The van der Waals surface area contributed by atoms with Crippen LogP contribution in [0.1, 0.15) is 18.9 Å². The number of rotatable bonds is 7. The first-order valence-electron chi connectivity index (χ1n) is 5.91. The van der Waals surface area contributed by atoms with Crippen LogP contribution in [0.5, 0.6) is 0 Å². The van der Waals surface area contributed by atoms with Crippen molar-refractivity contribution in [1.29, 1.82) is 0 Å². The quantitative estimate of drug-likeness (QED) is 0.768. The van der Waals surface area contributed by atoms with E-state index in [4.69, 9.17) is 0 Å². The summed E-state index contributed by atoms with van der Waals surface area (Å²) in [5.41, 5.74) is 0.996. The van der Waals surface area contributed by atoms with Crippen molar-refractivity contribution in [1.82, 2.24) is 9.97 Å². The molecule has 1 heterocycles. The van der Waals surface area contributed by atoms with E-state index in [9.17, 15) is 8.42 Å². The normalized spacial score (nSPS) is 11.3. The Morgan fingerprint density at radius 1 is 1.28 bits per heavy atom. The minimum Gasteiger partial charge on any atom is -0.373 e. The van der Waals surface area contributed by atoms with Crippen LogP contribution in [-0.4, -0.2) is 44.0 Å². The maximum atomic E-state index is 11.1. The Bertz CT molecular complexity index is 488. The lowest BCUT2D eigenvalue weighted by atomic mass is 10.1. The molecule has 0 spiro atoms. The molecule has 18 heavy (non-hydrogen) atoms. The monoisotopic (exact) mass is 272 g/mol. The molecular formula is C11H20N4O2S. The molecule has 0 fully saturated rings. The summed E-state index contributed by atoms with van der Waals surface area (Å²) in [7, 11) is -1.15. The molecular weight excluding hydrogens is 252 g/mol. The van der Waals surface area contributed by atoms with E-state index in [1.807, 2.05) is 7.05 Å². The van der Waals surface area contributed by atoms with Gasteiger partial charge < -0.3 is 10.6 Å². The van der Waals surface area contributed by atoms with Gasteiger partial charge in [0.25, 0.3) is 0 Å². The van der Waals surface area contributed by atoms with Gasteiger partial charge in [0.1, 0.15) is 27.8 Å². The highest BCUT2D eigenvalue weighted by Crippen LogP contribution is 2.20. The molecule has 0 aliphatic carbocycles. The number of hydrogen-bond donors (Lipinski definition) is 2. The zero-order valence-electron chi connectivity index (χ0n) is 11.0. The molecule has 0 bridgehead atoms. The predicted octanol–water partition coefficient (Wildman–Crippen LogP) is 0.927. The Morgan fingerprint density at radius 2 is 1.94 bits per heavy atom. The molecule has 7 heteroatoms. The third-order valence-electron chi connectivity index (χ3n) is 2.45. The summed E-state index contributed by atoms with van der Waals surface area (Å²) in [5.74, 6) is 1.59. The number of hydrogen-bond acceptors (Lipinski definition) is 6. The first-order valence-corrected chi connectivity index (χ1v) is 7.97. The van der Waals surface area contributed by atoms with Crippen LogP contribution >= 0.6 is 0 Å². The molecule has 6 nitrogen and oxygen atoms in total. The van der Waals surface area contributed by atoms with Crippen LogP contribution in [0.15, 0.2) is 6.33 Å². The van der Waals surface area contributed by atoms with Crippen molar-refractivity contribution in [2.45, 2.75) is 19.8 Å². The zero-order chi connectivity index (χ0) is 13.6. The number of nitrogens with one attached hydrogen (secondary N) is 2. The number of sulfone groups is 1. The molecule has 102 valence electrons. The van der Waals surface area contributed by atoms with Gasteiger partial charge in [-0.1, -0.05) is 13.3 Å². The number of anilines is 2. The molecule has 1 aromatic rings. The molecule has 0 radical (unpaired) electrons. The van der Waals surface area contributed by atoms with Gasteiger partial charge >= 0.3 is 0 Å². The summed E-state index contributed by atoms with van der Waals surface area (Å²) in [6.45, 7) is 2.43. The fourth-order valence-corrected chi connectivity index (χ4v) is 2.09. The van der Waals surface area contributed by atoms with Gasteiger partial charge in [0.2, 0.25) is 0 Å². The molecule has 0 aromatic carbocycles. The Labute approximate surface area is 108 Å². The molecule has 1 rings (SSSR count). The molecule has 0 atom stereocenters. The Kier molecular flexibility index (Phi) is 5.33. The summed E-state index contributed by atoms with van der Waals surface area (Å²) >= 11 is 0. The Balaban J connectivity index is 2.81. The minimum atomic E-state index is -2.96. The Morgan fingerprint density at radius 3 is 2.50 bits per heavy atom. The van der Waals surface area contributed by atoms with Crippen LogP contribution in [0.2, 0.25) is 0 Å². The van der Waals surface area contributed by atoms with Gasteiger partial charge in [0.15, 0.2) is 0 Å². The van der Waals surface area contributed by atoms with E-state index in [1.165, 1.54) is 12.6 Å². The van der Waals surface area contributed by atoms with Crippen molar-refractivity contribution >= 4 is 21.5 Å². The lowest BCUT2D eigenvalue weighted by Crippen LogP contribution is -2.16. The molecule has 0 saturated carbocycles. The highest BCUT2D eigenvalue weighted by Gasteiger charge is 2.10. The maximum Gasteiger partial charge on any atom is 0.149 e. The summed E-state index contributed by atoms with van der Waals surface area (Å²) in [6, 6.07) is 0. The van der Waals surface area contributed by atoms with E-state index in [0.29, 0.717) is 12.4 Å². The molecule has 0 aliphatic rings. The third kappa shape index (κ3) is 4.48. The minimum absolute atomic E-state index is 0.0947. The summed E-state index contributed by atoms with van der Waals surface area (Å²) in [4.78, 5) is 8.32. The lowest BCUT2D eigenvalue weighted by molar-refractivity contribution is 0.602. The first-order chi connectivity index (χ1) is 8.48. The van der Waals surface area contributed by atoms with Crippen LogP contribution in [0.25, 0.3) is 0 Å². The van der Waals surface area contributed by atoms with Crippen LogP contribution in [0, 0.1) is 0 Å². The van der Waals surface area contributed by atoms with Crippen molar-refractivity contribution in [2.24, 2.45) is 0 Å². The van der Waals surface area contributed by atoms with E-state index < -0.39 is 9.84 Å². The second kappa shape index (κ2) is 6.53. The lowest BCUT2D eigenvalue weighted by Gasteiger charge is -2.13. The van der Waals surface area contributed by atoms with Crippen molar-refractivity contribution in [3.63, 3.8) is 0 Å². The van der Waals surface area contributed by atoms with E-state index in [-0.39, 0.29) is 5.75 Å². The van der Waals surface area contributed by atoms with Crippen molar-refractivity contribution in [3.8, 4) is 0 Å². The average Bonchev–Trinajstić information content (AvgIpc) is 2.29. The maximum absolute atomic E-state index is 11.1. The summed E-state index contributed by atoms with van der Waals surface area (Å²) in [6.07, 6.45) is 4.51. The Hall–Kier alpha value is -1.37. The van der Waals surface area contributed by atoms with E-state index in [1.54, 1.807) is 0 Å². The van der Waals surface area contributed by atoms with Crippen LogP contribution < -0.4 is 10.6 Å². The first kappa shape index (κ1) is 14.7. The molecule has 0 amide bonds. The standard InChI is InChI=1S/C11H20N4O2S/c1-4-5-9-10(12-2)14-8-15-11(9)13-6-7-18(3,16)17/h8H,4-7H2,1-3H3,(H2,12,13,14,15).